The van der Waals surface area contributed by atoms with Crippen molar-refractivity contribution in [2.75, 3.05) is 0 Å². The van der Waals surface area contributed by atoms with Gasteiger partial charge in [-0.2, -0.15) is 0 Å². The number of hydrogen-bond acceptors (Lipinski definition) is 1. The summed E-state index contributed by atoms with van der Waals surface area (Å²) < 4.78 is 0. The first-order valence-electron chi connectivity index (χ1n) is 9.56. The van der Waals surface area contributed by atoms with Crippen molar-refractivity contribution in [2.45, 2.75) is 91.1 Å². The minimum atomic E-state index is -0.0278. The van der Waals surface area contributed by atoms with Crippen molar-refractivity contribution in [3.63, 3.8) is 0 Å². The second-order valence-corrected chi connectivity index (χ2v) is 9.88. The predicted molar refractivity (Wildman–Crippen MR) is 87.0 cm³/mol. The van der Waals surface area contributed by atoms with Crippen LogP contribution in [0.1, 0.15) is 85.0 Å². The highest BCUT2D eigenvalue weighted by atomic mass is 16.3. The van der Waals surface area contributed by atoms with Crippen LogP contribution in [0.2, 0.25) is 0 Å². The summed E-state index contributed by atoms with van der Waals surface area (Å²) in [5.41, 5.74) is 1.58. The predicted octanol–water partition coefficient (Wildman–Crippen LogP) is 5.17. The molecule has 7 atom stereocenters. The zero-order valence-electron chi connectivity index (χ0n) is 14.3. The molecule has 0 aliphatic heterocycles. The second-order valence-electron chi connectivity index (χ2n) is 9.88. The summed E-state index contributed by atoms with van der Waals surface area (Å²) in [6, 6.07) is 0. The van der Waals surface area contributed by atoms with E-state index in [2.05, 4.69) is 20.8 Å². The Morgan fingerprint density at radius 2 is 1.62 bits per heavy atom. The molecular weight excluding hydrogens is 256 g/mol. The molecule has 0 bridgehead atoms. The van der Waals surface area contributed by atoms with E-state index < -0.39 is 0 Å². The van der Waals surface area contributed by atoms with Crippen LogP contribution in [-0.2, 0) is 0 Å². The van der Waals surface area contributed by atoms with Gasteiger partial charge in [0.2, 0.25) is 0 Å². The van der Waals surface area contributed by atoms with Crippen molar-refractivity contribution in [1.29, 1.82) is 0 Å². The average molecular weight is 290 g/mol. The first-order chi connectivity index (χ1) is 9.88. The molecule has 0 aromatic carbocycles. The standard InChI is InChI=1S/C20H34O/c1-18-9-4-5-16(18)15-7-11-19(2)13-14(21)6-12-20(19,3)17(15)8-10-18/h14-17,21H,4-13H2,1-3H3/t14-,15+,16+,17-,18-,19+,20-/m1/s1. The van der Waals surface area contributed by atoms with Gasteiger partial charge < -0.3 is 5.11 Å². The van der Waals surface area contributed by atoms with E-state index >= 15 is 0 Å². The fourth-order valence-corrected chi connectivity index (χ4v) is 7.60. The van der Waals surface area contributed by atoms with Gasteiger partial charge in [-0.25, -0.2) is 0 Å². The third-order valence-electron chi connectivity index (χ3n) is 9.13. The van der Waals surface area contributed by atoms with Gasteiger partial charge in [0.05, 0.1) is 6.10 Å². The topological polar surface area (TPSA) is 20.2 Å². The van der Waals surface area contributed by atoms with Gasteiger partial charge in [0.25, 0.3) is 0 Å². The third kappa shape index (κ3) is 1.85. The summed E-state index contributed by atoms with van der Waals surface area (Å²) in [7, 11) is 0. The fourth-order valence-electron chi connectivity index (χ4n) is 7.60. The molecule has 4 rings (SSSR count). The Balaban J connectivity index is 1.67. The van der Waals surface area contributed by atoms with Crippen molar-refractivity contribution in [2.24, 2.45) is 34.0 Å². The van der Waals surface area contributed by atoms with Gasteiger partial charge in [-0.15, -0.1) is 0 Å². The Labute approximate surface area is 130 Å². The van der Waals surface area contributed by atoms with Crippen LogP contribution in [0, 0.1) is 34.0 Å². The first kappa shape index (κ1) is 14.5. The molecule has 0 radical (unpaired) electrons. The molecule has 1 heteroatoms. The molecule has 21 heavy (non-hydrogen) atoms. The van der Waals surface area contributed by atoms with E-state index in [4.69, 9.17) is 0 Å². The number of aliphatic hydroxyl groups is 1. The number of aliphatic hydroxyl groups excluding tert-OH is 1. The van der Waals surface area contributed by atoms with Crippen LogP contribution < -0.4 is 0 Å². The molecule has 1 nitrogen and oxygen atoms in total. The van der Waals surface area contributed by atoms with Gasteiger partial charge in [0.15, 0.2) is 0 Å². The molecule has 0 saturated heterocycles. The molecule has 0 unspecified atom stereocenters. The van der Waals surface area contributed by atoms with Crippen LogP contribution in [0.5, 0.6) is 0 Å². The van der Waals surface area contributed by atoms with Gasteiger partial charge in [-0.3, -0.25) is 0 Å². The number of hydrogen-bond donors (Lipinski definition) is 1. The molecule has 0 aromatic rings. The Hall–Kier alpha value is -0.0400. The molecule has 4 aliphatic rings. The summed E-state index contributed by atoms with van der Waals surface area (Å²) in [6.45, 7) is 7.71. The molecule has 1 N–H and O–H groups in total. The minimum Gasteiger partial charge on any atom is -0.393 e. The van der Waals surface area contributed by atoms with Crippen molar-refractivity contribution in [3.8, 4) is 0 Å². The zero-order chi connectivity index (χ0) is 14.9. The summed E-state index contributed by atoms with van der Waals surface area (Å²) in [5.74, 6) is 2.96. The molecule has 4 saturated carbocycles. The van der Waals surface area contributed by atoms with Gasteiger partial charge in [-0.1, -0.05) is 27.2 Å². The smallest absolute Gasteiger partial charge is 0.0545 e. The van der Waals surface area contributed by atoms with E-state index in [1.54, 1.807) is 0 Å². The van der Waals surface area contributed by atoms with Gasteiger partial charge in [-0.05, 0) is 91.8 Å². The van der Waals surface area contributed by atoms with Crippen LogP contribution in [0.15, 0.2) is 0 Å². The Morgan fingerprint density at radius 3 is 2.43 bits per heavy atom. The molecule has 0 amide bonds. The van der Waals surface area contributed by atoms with E-state index in [9.17, 15) is 5.11 Å². The van der Waals surface area contributed by atoms with Crippen molar-refractivity contribution in [3.05, 3.63) is 0 Å². The molecule has 0 aromatic heterocycles. The van der Waals surface area contributed by atoms with Crippen LogP contribution in [0.4, 0.5) is 0 Å². The van der Waals surface area contributed by atoms with Crippen molar-refractivity contribution in [1.82, 2.24) is 0 Å². The van der Waals surface area contributed by atoms with Crippen LogP contribution in [0.3, 0.4) is 0 Å². The second kappa shape index (κ2) is 4.49. The van der Waals surface area contributed by atoms with Crippen molar-refractivity contribution >= 4 is 0 Å². The van der Waals surface area contributed by atoms with E-state index in [0.717, 1.165) is 30.6 Å². The number of fused-ring (bicyclic) bond motifs is 5. The van der Waals surface area contributed by atoms with Crippen LogP contribution in [0.25, 0.3) is 0 Å². The van der Waals surface area contributed by atoms with Gasteiger partial charge >= 0.3 is 0 Å². The molecule has 0 spiro atoms. The van der Waals surface area contributed by atoms with Crippen LogP contribution in [-0.4, -0.2) is 11.2 Å². The molecule has 4 fully saturated rings. The maximum atomic E-state index is 10.2. The lowest BCUT2D eigenvalue weighted by atomic mass is 9.40. The lowest BCUT2D eigenvalue weighted by Crippen LogP contribution is -2.57. The van der Waals surface area contributed by atoms with E-state index in [1.165, 1.54) is 51.4 Å². The monoisotopic (exact) mass is 290 g/mol. The number of rotatable bonds is 0. The van der Waals surface area contributed by atoms with E-state index in [0.29, 0.717) is 16.2 Å². The summed E-state index contributed by atoms with van der Waals surface area (Å²) in [4.78, 5) is 0. The maximum Gasteiger partial charge on any atom is 0.0545 e. The van der Waals surface area contributed by atoms with E-state index in [1.807, 2.05) is 0 Å². The summed E-state index contributed by atoms with van der Waals surface area (Å²) in [5, 5.41) is 10.2. The molecule has 0 heterocycles. The fraction of sp³-hybridized carbons (Fsp3) is 1.00. The highest BCUT2D eigenvalue weighted by Crippen LogP contribution is 2.69. The van der Waals surface area contributed by atoms with Gasteiger partial charge in [0, 0.05) is 0 Å². The third-order valence-corrected chi connectivity index (χ3v) is 9.13. The van der Waals surface area contributed by atoms with E-state index in [-0.39, 0.29) is 6.10 Å². The molecule has 120 valence electrons. The molecule has 4 aliphatic carbocycles. The summed E-state index contributed by atoms with van der Waals surface area (Å²) in [6.07, 6.45) is 13.6. The lowest BCUT2D eigenvalue weighted by molar-refractivity contribution is -0.166. The minimum absolute atomic E-state index is 0.0278. The summed E-state index contributed by atoms with van der Waals surface area (Å²) >= 11 is 0. The van der Waals surface area contributed by atoms with Gasteiger partial charge in [0.1, 0.15) is 0 Å². The first-order valence-corrected chi connectivity index (χ1v) is 9.56. The Kier molecular flexibility index (Phi) is 3.11. The Morgan fingerprint density at radius 1 is 0.810 bits per heavy atom. The normalized spacial score (nSPS) is 60.0. The highest BCUT2D eigenvalue weighted by Gasteiger charge is 2.61. The lowest BCUT2D eigenvalue weighted by Gasteiger charge is -2.64. The SMILES string of the molecule is C[C@]12CCC[C@H]1[C@@H]1CC[C@@]3(C)C[C@H](O)CC[C@]3(C)[C@@H]1CC2. The maximum absolute atomic E-state index is 10.2. The highest BCUT2D eigenvalue weighted by molar-refractivity contribution is 5.11. The Bertz CT molecular complexity index is 432. The van der Waals surface area contributed by atoms with Crippen LogP contribution >= 0.6 is 0 Å². The quantitative estimate of drug-likeness (QED) is 0.652. The average Bonchev–Trinajstić information content (AvgIpc) is 2.82. The largest absolute Gasteiger partial charge is 0.393 e. The zero-order valence-corrected chi connectivity index (χ0v) is 14.3. The molecular formula is C20H34O. The van der Waals surface area contributed by atoms with Crippen molar-refractivity contribution < 1.29 is 5.11 Å².